The number of carboxylic acids is 1. The number of carboxylic acid groups (broad SMARTS) is 1. The highest BCUT2D eigenvalue weighted by molar-refractivity contribution is 7.14. The number of nitrogens with one attached hydrogen (secondary N) is 1. The summed E-state index contributed by atoms with van der Waals surface area (Å²) in [4.78, 5) is 26.4. The zero-order valence-electron chi connectivity index (χ0n) is 9.17. The maximum absolute atomic E-state index is 11.4. The summed E-state index contributed by atoms with van der Waals surface area (Å²) in [6.07, 6.45) is 0. The summed E-state index contributed by atoms with van der Waals surface area (Å²) in [6, 6.07) is 1.71. The summed E-state index contributed by atoms with van der Waals surface area (Å²) in [6.45, 7) is 0. The van der Waals surface area contributed by atoms with Crippen LogP contribution in [0.5, 0.6) is 0 Å². The van der Waals surface area contributed by atoms with E-state index in [1.165, 1.54) is 23.8 Å². The van der Waals surface area contributed by atoms with Gasteiger partial charge in [0.05, 0.1) is 12.8 Å². The Balaban J connectivity index is 2.20. The Morgan fingerprint density at radius 1 is 1.44 bits per heavy atom. The zero-order valence-corrected chi connectivity index (χ0v) is 10.8. The predicted molar refractivity (Wildman–Crippen MR) is 68.0 cm³/mol. The average Bonchev–Trinajstić information content (AvgIpc) is 2.97. The molecule has 0 saturated carbocycles. The molecule has 0 radical (unpaired) electrons. The molecule has 2 N–H and O–H groups in total. The maximum atomic E-state index is 11.4. The molecule has 0 saturated heterocycles. The van der Waals surface area contributed by atoms with Crippen LogP contribution in [-0.2, 0) is 4.74 Å². The first-order valence-corrected chi connectivity index (χ1v) is 6.49. The first kappa shape index (κ1) is 12.5. The standard InChI is InChI=1S/C10H8N2O4S2/c1-16-9(15)7-5(2-3-17-7)11-10-12-6(4-18-10)8(13)14/h2-4H,1H3,(H,11,12)(H,13,14). The van der Waals surface area contributed by atoms with Gasteiger partial charge in [0.15, 0.2) is 10.8 Å². The summed E-state index contributed by atoms with van der Waals surface area (Å²) < 4.78 is 4.64. The molecule has 2 aromatic rings. The second kappa shape index (κ2) is 5.15. The van der Waals surface area contributed by atoms with E-state index in [1.54, 1.807) is 11.4 Å². The van der Waals surface area contributed by atoms with Gasteiger partial charge in [0, 0.05) is 5.38 Å². The molecule has 0 aliphatic carbocycles. The van der Waals surface area contributed by atoms with E-state index in [0.717, 1.165) is 11.3 Å². The first-order valence-electron chi connectivity index (χ1n) is 4.73. The van der Waals surface area contributed by atoms with E-state index in [-0.39, 0.29) is 5.69 Å². The Bertz CT molecular complexity index is 590. The maximum Gasteiger partial charge on any atom is 0.355 e. The lowest BCUT2D eigenvalue weighted by Gasteiger charge is -2.02. The summed E-state index contributed by atoms with van der Waals surface area (Å²) in [5, 5.41) is 15.2. The summed E-state index contributed by atoms with van der Waals surface area (Å²) in [5.74, 6) is -1.53. The van der Waals surface area contributed by atoms with Crippen LogP contribution >= 0.6 is 22.7 Å². The lowest BCUT2D eigenvalue weighted by Crippen LogP contribution is -2.02. The number of methoxy groups -OCH3 is 1. The number of hydrogen-bond donors (Lipinski definition) is 2. The van der Waals surface area contributed by atoms with Gasteiger partial charge in [0.2, 0.25) is 0 Å². The van der Waals surface area contributed by atoms with E-state index >= 15 is 0 Å². The number of carbonyl (C=O) groups excluding carboxylic acids is 1. The van der Waals surface area contributed by atoms with Gasteiger partial charge in [-0.25, -0.2) is 14.6 Å². The Morgan fingerprint density at radius 3 is 2.83 bits per heavy atom. The molecule has 6 nitrogen and oxygen atoms in total. The summed E-state index contributed by atoms with van der Waals surface area (Å²) in [5.41, 5.74) is 0.524. The van der Waals surface area contributed by atoms with Crippen molar-refractivity contribution in [1.29, 1.82) is 0 Å². The van der Waals surface area contributed by atoms with E-state index < -0.39 is 11.9 Å². The number of anilines is 2. The van der Waals surface area contributed by atoms with Gasteiger partial charge in [-0.15, -0.1) is 22.7 Å². The van der Waals surface area contributed by atoms with Crippen LogP contribution in [-0.4, -0.2) is 29.1 Å². The highest BCUT2D eigenvalue weighted by Crippen LogP contribution is 2.28. The third-order valence-electron chi connectivity index (χ3n) is 2.00. The van der Waals surface area contributed by atoms with E-state index in [9.17, 15) is 9.59 Å². The molecule has 0 fully saturated rings. The van der Waals surface area contributed by atoms with Gasteiger partial charge in [-0.05, 0) is 11.4 Å². The van der Waals surface area contributed by atoms with Gasteiger partial charge in [0.25, 0.3) is 0 Å². The molecule has 0 aliphatic heterocycles. The van der Waals surface area contributed by atoms with Crippen molar-refractivity contribution in [1.82, 2.24) is 4.98 Å². The quantitative estimate of drug-likeness (QED) is 0.838. The van der Waals surface area contributed by atoms with Crippen molar-refractivity contribution in [2.24, 2.45) is 0 Å². The molecule has 2 rings (SSSR count). The third-order valence-corrected chi connectivity index (χ3v) is 3.65. The minimum absolute atomic E-state index is 0.0302. The lowest BCUT2D eigenvalue weighted by atomic mass is 10.4. The fourth-order valence-electron chi connectivity index (χ4n) is 1.20. The largest absolute Gasteiger partial charge is 0.476 e. The Morgan fingerprint density at radius 2 is 2.22 bits per heavy atom. The number of esters is 1. The number of hydrogen-bond acceptors (Lipinski definition) is 7. The molecule has 2 heterocycles. The van der Waals surface area contributed by atoms with E-state index in [1.807, 2.05) is 0 Å². The first-order chi connectivity index (χ1) is 8.61. The minimum atomic E-state index is -1.09. The van der Waals surface area contributed by atoms with Crippen LogP contribution in [0, 0.1) is 0 Å². The highest BCUT2D eigenvalue weighted by Gasteiger charge is 2.15. The number of thiophene rings is 1. The topological polar surface area (TPSA) is 88.5 Å². The number of nitrogens with zero attached hydrogens (tertiary/aromatic N) is 1. The van der Waals surface area contributed by atoms with Crippen molar-refractivity contribution in [3.05, 3.63) is 27.4 Å². The van der Waals surface area contributed by atoms with Gasteiger partial charge in [-0.3, -0.25) is 0 Å². The third kappa shape index (κ3) is 2.49. The van der Waals surface area contributed by atoms with E-state index in [0.29, 0.717) is 15.7 Å². The molecular weight excluding hydrogens is 276 g/mol. The van der Waals surface area contributed by atoms with Crippen molar-refractivity contribution >= 4 is 45.4 Å². The summed E-state index contributed by atoms with van der Waals surface area (Å²) >= 11 is 2.39. The molecule has 8 heteroatoms. The van der Waals surface area contributed by atoms with Gasteiger partial charge in [-0.2, -0.15) is 0 Å². The van der Waals surface area contributed by atoms with Crippen molar-refractivity contribution in [2.45, 2.75) is 0 Å². The number of ether oxygens (including phenoxy) is 1. The molecule has 0 bridgehead atoms. The number of aromatic carboxylic acids is 1. The Labute approximate surface area is 110 Å². The van der Waals surface area contributed by atoms with Gasteiger partial charge in [-0.1, -0.05) is 0 Å². The monoisotopic (exact) mass is 284 g/mol. The number of carbonyl (C=O) groups is 2. The molecule has 0 aliphatic rings. The molecule has 0 spiro atoms. The summed E-state index contributed by atoms with van der Waals surface area (Å²) in [7, 11) is 1.30. The fraction of sp³-hybridized carbons (Fsp3) is 0.100. The lowest BCUT2D eigenvalue weighted by molar-refractivity contribution is 0.0606. The smallest absolute Gasteiger partial charge is 0.355 e. The molecule has 0 unspecified atom stereocenters. The normalized spacial score (nSPS) is 10.1. The van der Waals surface area contributed by atoms with Crippen LogP contribution in [0.3, 0.4) is 0 Å². The van der Waals surface area contributed by atoms with Gasteiger partial charge in [0.1, 0.15) is 4.88 Å². The molecular formula is C10H8N2O4S2. The Kier molecular flexibility index (Phi) is 3.58. The van der Waals surface area contributed by atoms with Crippen molar-refractivity contribution < 1.29 is 19.4 Å². The number of thiazole rings is 1. The van der Waals surface area contributed by atoms with Crippen LogP contribution in [0.4, 0.5) is 10.8 Å². The molecule has 0 amide bonds. The molecule has 18 heavy (non-hydrogen) atoms. The molecule has 2 aromatic heterocycles. The van der Waals surface area contributed by atoms with E-state index in [2.05, 4.69) is 15.0 Å². The number of rotatable bonds is 4. The highest BCUT2D eigenvalue weighted by atomic mass is 32.1. The van der Waals surface area contributed by atoms with Gasteiger partial charge >= 0.3 is 11.9 Å². The fourth-order valence-corrected chi connectivity index (χ4v) is 2.67. The van der Waals surface area contributed by atoms with Crippen molar-refractivity contribution in [2.75, 3.05) is 12.4 Å². The molecule has 0 atom stereocenters. The zero-order chi connectivity index (χ0) is 13.1. The van der Waals surface area contributed by atoms with Crippen molar-refractivity contribution in [3.8, 4) is 0 Å². The second-order valence-electron chi connectivity index (χ2n) is 3.12. The number of aromatic nitrogens is 1. The predicted octanol–water partition coefficient (Wildman–Crippen LogP) is 2.43. The van der Waals surface area contributed by atoms with Crippen LogP contribution in [0.1, 0.15) is 20.2 Å². The molecule has 94 valence electrons. The van der Waals surface area contributed by atoms with Crippen molar-refractivity contribution in [3.63, 3.8) is 0 Å². The molecule has 0 aromatic carbocycles. The minimum Gasteiger partial charge on any atom is -0.476 e. The van der Waals surface area contributed by atoms with Crippen LogP contribution in [0.15, 0.2) is 16.8 Å². The Hall–Kier alpha value is -1.93. The van der Waals surface area contributed by atoms with Crippen LogP contribution < -0.4 is 5.32 Å². The SMILES string of the molecule is COC(=O)c1sccc1Nc1nc(C(=O)O)cs1. The van der Waals surface area contributed by atoms with Crippen LogP contribution in [0.25, 0.3) is 0 Å². The average molecular weight is 284 g/mol. The van der Waals surface area contributed by atoms with Gasteiger partial charge < -0.3 is 15.2 Å². The van der Waals surface area contributed by atoms with E-state index in [4.69, 9.17) is 5.11 Å². The van der Waals surface area contributed by atoms with Crippen LogP contribution in [0.2, 0.25) is 0 Å². The second-order valence-corrected chi connectivity index (χ2v) is 4.90.